The highest BCUT2D eigenvalue weighted by Crippen LogP contribution is 2.17. The van der Waals surface area contributed by atoms with E-state index in [0.29, 0.717) is 36.9 Å². The fourth-order valence-electron chi connectivity index (χ4n) is 2.00. The summed E-state index contributed by atoms with van der Waals surface area (Å²) < 4.78 is 8.19. The average Bonchev–Trinajstić information content (AvgIpc) is 3.08. The summed E-state index contributed by atoms with van der Waals surface area (Å²) in [6.07, 6.45) is 4.18. The van der Waals surface area contributed by atoms with Crippen LogP contribution in [-0.4, -0.2) is 26.2 Å². The van der Waals surface area contributed by atoms with Gasteiger partial charge < -0.3 is 14.8 Å². The number of nitrogens with zero attached hydrogens (tertiary/aromatic N) is 4. The Hall–Kier alpha value is -1.99. The maximum atomic E-state index is 5.51. The number of benzene rings is 1. The molecule has 3 rings (SSSR count). The molecule has 0 aliphatic heterocycles. The Morgan fingerprint density at radius 1 is 1.33 bits per heavy atom. The summed E-state index contributed by atoms with van der Waals surface area (Å²) in [6.45, 7) is 1.28. The highest BCUT2D eigenvalue weighted by atomic mass is 79.9. The van der Waals surface area contributed by atoms with Crippen molar-refractivity contribution in [2.24, 2.45) is 5.73 Å². The summed E-state index contributed by atoms with van der Waals surface area (Å²) in [7, 11) is 0. The van der Waals surface area contributed by atoms with Crippen molar-refractivity contribution < 1.29 is 4.52 Å². The third-order valence-corrected chi connectivity index (χ3v) is 3.45. The van der Waals surface area contributed by atoms with E-state index >= 15 is 0 Å². The average molecular weight is 348 g/mol. The van der Waals surface area contributed by atoms with Gasteiger partial charge in [-0.05, 0) is 17.7 Å². The molecule has 2 aromatic heterocycles. The second-order valence-electron chi connectivity index (χ2n) is 4.61. The van der Waals surface area contributed by atoms with Crippen LogP contribution in [-0.2, 0) is 13.0 Å². The van der Waals surface area contributed by atoms with Crippen LogP contribution in [0.3, 0.4) is 0 Å². The molecule has 108 valence electrons. The highest BCUT2D eigenvalue weighted by molar-refractivity contribution is 9.10. The lowest BCUT2D eigenvalue weighted by molar-refractivity contribution is 0.423. The van der Waals surface area contributed by atoms with Gasteiger partial charge in [0.1, 0.15) is 5.69 Å². The fraction of sp³-hybridized carbons (Fsp3) is 0.214. The quantitative estimate of drug-likeness (QED) is 0.765. The zero-order chi connectivity index (χ0) is 14.7. The van der Waals surface area contributed by atoms with Crippen LogP contribution in [0.1, 0.15) is 11.4 Å². The summed E-state index contributed by atoms with van der Waals surface area (Å²) >= 11 is 3.45. The van der Waals surface area contributed by atoms with Crippen molar-refractivity contribution in [1.29, 1.82) is 0 Å². The fourth-order valence-corrected chi connectivity index (χ4v) is 2.45. The van der Waals surface area contributed by atoms with Gasteiger partial charge in [-0.1, -0.05) is 33.2 Å². The SMILES string of the molecule is NCCn1cnc(-c2nc(Cc3cccc(Br)c3)no2)c1. The molecular formula is C14H14BrN5O. The minimum Gasteiger partial charge on any atom is -0.335 e. The predicted molar refractivity (Wildman–Crippen MR) is 81.5 cm³/mol. The maximum absolute atomic E-state index is 5.51. The van der Waals surface area contributed by atoms with Gasteiger partial charge in [0.2, 0.25) is 0 Å². The number of hydrogen-bond donors (Lipinski definition) is 1. The normalized spacial score (nSPS) is 11.0. The number of hydrogen-bond acceptors (Lipinski definition) is 5. The zero-order valence-corrected chi connectivity index (χ0v) is 12.8. The van der Waals surface area contributed by atoms with Gasteiger partial charge in [-0.3, -0.25) is 0 Å². The lowest BCUT2D eigenvalue weighted by atomic mass is 10.1. The first kappa shape index (κ1) is 14.0. The molecule has 0 bridgehead atoms. The Morgan fingerprint density at radius 2 is 2.24 bits per heavy atom. The smallest absolute Gasteiger partial charge is 0.278 e. The Bertz CT molecular complexity index is 736. The third-order valence-electron chi connectivity index (χ3n) is 2.96. The van der Waals surface area contributed by atoms with Crippen LogP contribution < -0.4 is 5.73 Å². The van der Waals surface area contributed by atoms with Gasteiger partial charge in [-0.15, -0.1) is 0 Å². The summed E-state index contributed by atoms with van der Waals surface area (Å²) in [5.41, 5.74) is 7.29. The maximum Gasteiger partial charge on any atom is 0.278 e. The van der Waals surface area contributed by atoms with Crippen molar-refractivity contribution in [3.8, 4) is 11.6 Å². The summed E-state index contributed by atoms with van der Waals surface area (Å²) in [5.74, 6) is 1.06. The van der Waals surface area contributed by atoms with Crippen molar-refractivity contribution in [2.75, 3.05) is 6.54 Å². The molecule has 0 amide bonds. The van der Waals surface area contributed by atoms with Crippen molar-refractivity contribution >= 4 is 15.9 Å². The van der Waals surface area contributed by atoms with E-state index in [0.717, 1.165) is 10.0 Å². The first-order chi connectivity index (χ1) is 10.2. The second-order valence-corrected chi connectivity index (χ2v) is 5.52. The first-order valence-electron chi connectivity index (χ1n) is 6.54. The Morgan fingerprint density at radius 3 is 3.05 bits per heavy atom. The molecule has 7 heteroatoms. The molecule has 0 radical (unpaired) electrons. The molecule has 21 heavy (non-hydrogen) atoms. The second kappa shape index (κ2) is 6.19. The van der Waals surface area contributed by atoms with Crippen LogP contribution in [0.5, 0.6) is 0 Å². The van der Waals surface area contributed by atoms with Crippen molar-refractivity contribution in [1.82, 2.24) is 19.7 Å². The van der Waals surface area contributed by atoms with Crippen LogP contribution in [0.4, 0.5) is 0 Å². The zero-order valence-electron chi connectivity index (χ0n) is 11.2. The van der Waals surface area contributed by atoms with Crippen LogP contribution >= 0.6 is 15.9 Å². The Labute approximate surface area is 130 Å². The van der Waals surface area contributed by atoms with E-state index in [9.17, 15) is 0 Å². The Kier molecular flexibility index (Phi) is 4.12. The van der Waals surface area contributed by atoms with Gasteiger partial charge in [0.05, 0.1) is 6.33 Å². The van der Waals surface area contributed by atoms with Crippen molar-refractivity contribution in [3.05, 3.63) is 52.7 Å². The summed E-state index contributed by atoms with van der Waals surface area (Å²) in [4.78, 5) is 8.62. The molecule has 0 aliphatic rings. The molecule has 0 unspecified atom stereocenters. The number of nitrogens with two attached hydrogens (primary N) is 1. The molecule has 0 saturated carbocycles. The molecule has 1 aromatic carbocycles. The summed E-state index contributed by atoms with van der Waals surface area (Å²) in [5, 5.41) is 4.00. The van der Waals surface area contributed by atoms with E-state index in [1.165, 1.54) is 0 Å². The monoisotopic (exact) mass is 347 g/mol. The van der Waals surface area contributed by atoms with Gasteiger partial charge in [0, 0.05) is 30.2 Å². The molecule has 0 spiro atoms. The Balaban J connectivity index is 1.76. The number of aromatic nitrogens is 4. The van der Waals surface area contributed by atoms with Gasteiger partial charge in [0.25, 0.3) is 5.89 Å². The molecule has 3 aromatic rings. The van der Waals surface area contributed by atoms with Crippen LogP contribution in [0.15, 0.2) is 45.8 Å². The van der Waals surface area contributed by atoms with Gasteiger partial charge in [0.15, 0.2) is 5.82 Å². The van der Waals surface area contributed by atoms with Gasteiger partial charge in [-0.25, -0.2) is 4.98 Å². The molecule has 6 nitrogen and oxygen atoms in total. The standard InChI is InChI=1S/C14H14BrN5O/c15-11-3-1-2-10(6-11)7-13-18-14(21-19-13)12-8-20(5-4-16)9-17-12/h1-3,6,8-9H,4-5,7,16H2. The van der Waals surface area contributed by atoms with Gasteiger partial charge in [-0.2, -0.15) is 4.98 Å². The van der Waals surface area contributed by atoms with Crippen LogP contribution in [0, 0.1) is 0 Å². The van der Waals surface area contributed by atoms with E-state index in [-0.39, 0.29) is 0 Å². The topological polar surface area (TPSA) is 82.8 Å². The highest BCUT2D eigenvalue weighted by Gasteiger charge is 2.12. The molecule has 0 fully saturated rings. The van der Waals surface area contributed by atoms with Crippen molar-refractivity contribution in [2.45, 2.75) is 13.0 Å². The molecule has 0 atom stereocenters. The van der Waals surface area contributed by atoms with Crippen molar-refractivity contribution in [3.63, 3.8) is 0 Å². The van der Waals surface area contributed by atoms with E-state index in [1.54, 1.807) is 6.33 Å². The van der Waals surface area contributed by atoms with E-state index in [4.69, 9.17) is 10.3 Å². The van der Waals surface area contributed by atoms with Crippen LogP contribution in [0.25, 0.3) is 11.6 Å². The molecule has 0 aliphatic carbocycles. The number of imidazole rings is 1. The summed E-state index contributed by atoms with van der Waals surface area (Å²) in [6, 6.07) is 8.02. The minimum absolute atomic E-state index is 0.427. The molecule has 0 saturated heterocycles. The predicted octanol–water partition coefficient (Wildman–Crippen LogP) is 2.25. The first-order valence-corrected chi connectivity index (χ1v) is 7.33. The minimum atomic E-state index is 0.427. The number of halogens is 1. The van der Waals surface area contributed by atoms with E-state index < -0.39 is 0 Å². The lowest BCUT2D eigenvalue weighted by Crippen LogP contribution is -2.07. The largest absolute Gasteiger partial charge is 0.335 e. The van der Waals surface area contributed by atoms with E-state index in [2.05, 4.69) is 31.1 Å². The molecule has 2 N–H and O–H groups in total. The molecular weight excluding hydrogens is 334 g/mol. The van der Waals surface area contributed by atoms with Gasteiger partial charge >= 0.3 is 0 Å². The lowest BCUT2D eigenvalue weighted by Gasteiger charge is -1.96. The van der Waals surface area contributed by atoms with E-state index in [1.807, 2.05) is 35.0 Å². The third kappa shape index (κ3) is 3.37. The molecule has 2 heterocycles. The number of rotatable bonds is 5. The van der Waals surface area contributed by atoms with Crippen LogP contribution in [0.2, 0.25) is 0 Å².